The molecule has 0 aliphatic rings. The summed E-state index contributed by atoms with van der Waals surface area (Å²) in [4.78, 5) is 72.3. The Hall–Kier alpha value is -1.94. The minimum absolute atomic E-state index is 0.103. The molecule has 7 atom stereocenters. The van der Waals surface area contributed by atoms with Gasteiger partial charge in [0.15, 0.2) is 12.2 Å². The largest absolute Gasteiger partial charge is 0.472 e. The van der Waals surface area contributed by atoms with Crippen LogP contribution in [0.3, 0.4) is 0 Å². The van der Waals surface area contributed by atoms with Gasteiger partial charge in [0.1, 0.15) is 19.3 Å². The van der Waals surface area contributed by atoms with Crippen LogP contribution in [0.15, 0.2) is 0 Å². The van der Waals surface area contributed by atoms with Crippen molar-refractivity contribution in [1.29, 1.82) is 0 Å². The Morgan fingerprint density at radius 3 is 0.789 bits per heavy atom. The van der Waals surface area contributed by atoms with Crippen molar-refractivity contribution >= 4 is 39.5 Å². The predicted octanol–water partition coefficient (Wildman–Crippen LogP) is 20.4. The van der Waals surface area contributed by atoms with Crippen LogP contribution in [0.4, 0.5) is 0 Å². The monoisotopic (exact) mass is 1320 g/mol. The van der Waals surface area contributed by atoms with E-state index in [1.807, 2.05) is 0 Å². The Morgan fingerprint density at radius 1 is 0.311 bits per heavy atom. The van der Waals surface area contributed by atoms with Gasteiger partial charge in [0.05, 0.1) is 26.4 Å². The van der Waals surface area contributed by atoms with Gasteiger partial charge in [-0.1, -0.05) is 311 Å². The van der Waals surface area contributed by atoms with Crippen LogP contribution in [0.5, 0.6) is 0 Å². The molecule has 0 heterocycles. The summed E-state index contributed by atoms with van der Waals surface area (Å²) in [5.74, 6) is -0.539. The highest BCUT2D eigenvalue weighted by Gasteiger charge is 2.30. The molecule has 0 rings (SSSR count). The molecular weight excluding hydrogens is 1190 g/mol. The molecule has 0 aromatic rings. The van der Waals surface area contributed by atoms with Crippen molar-refractivity contribution in [2.45, 2.75) is 381 Å². The van der Waals surface area contributed by atoms with Crippen LogP contribution in [0.25, 0.3) is 0 Å². The Bertz CT molecular complexity index is 1760. The summed E-state index contributed by atoms with van der Waals surface area (Å²) in [6.45, 7) is 9.52. The van der Waals surface area contributed by atoms with E-state index < -0.39 is 97.5 Å². The lowest BCUT2D eigenvalue weighted by atomic mass is 9.99. The number of unbranched alkanes of at least 4 members (excludes halogenated alkanes) is 38. The first-order valence-electron chi connectivity index (χ1n) is 37.1. The summed E-state index contributed by atoms with van der Waals surface area (Å²) in [6, 6.07) is 0. The van der Waals surface area contributed by atoms with Crippen molar-refractivity contribution in [2.75, 3.05) is 39.6 Å². The smallest absolute Gasteiger partial charge is 0.462 e. The van der Waals surface area contributed by atoms with Gasteiger partial charge in [0, 0.05) is 25.7 Å². The molecule has 0 aromatic carbocycles. The van der Waals surface area contributed by atoms with E-state index in [2.05, 4.69) is 41.5 Å². The molecule has 0 aromatic heterocycles. The predicted molar refractivity (Wildman–Crippen MR) is 363 cm³/mol. The van der Waals surface area contributed by atoms with Crippen molar-refractivity contribution in [3.05, 3.63) is 0 Å². The summed E-state index contributed by atoms with van der Waals surface area (Å²) in [7, 11) is -9.89. The van der Waals surface area contributed by atoms with Gasteiger partial charge in [-0.2, -0.15) is 0 Å². The van der Waals surface area contributed by atoms with Crippen LogP contribution >= 0.6 is 15.6 Å². The third kappa shape index (κ3) is 62.2. The summed E-state index contributed by atoms with van der Waals surface area (Å²) in [6.07, 6.45) is 48.8. The molecule has 0 aliphatic carbocycles. The van der Waals surface area contributed by atoms with Gasteiger partial charge in [-0.3, -0.25) is 37.3 Å². The third-order valence-electron chi connectivity index (χ3n) is 17.2. The van der Waals surface area contributed by atoms with Crippen LogP contribution in [0.2, 0.25) is 0 Å². The van der Waals surface area contributed by atoms with Gasteiger partial charge >= 0.3 is 39.5 Å². The molecule has 0 aliphatic heterocycles. The van der Waals surface area contributed by atoms with Crippen molar-refractivity contribution in [3.8, 4) is 0 Å². The van der Waals surface area contributed by atoms with E-state index in [1.54, 1.807) is 0 Å². The zero-order valence-corrected chi connectivity index (χ0v) is 60.2. The molecule has 0 amide bonds. The number of aliphatic hydroxyl groups excluding tert-OH is 1. The fourth-order valence-electron chi connectivity index (χ4n) is 10.7. The van der Waals surface area contributed by atoms with E-state index in [4.69, 9.17) is 37.0 Å². The fraction of sp³-hybridized carbons (Fsp3) is 0.944. The first-order valence-corrected chi connectivity index (χ1v) is 40.1. The number of carbonyl (C=O) groups is 4. The van der Waals surface area contributed by atoms with Gasteiger partial charge < -0.3 is 33.8 Å². The number of hydrogen-bond donors (Lipinski definition) is 3. The van der Waals surface area contributed by atoms with E-state index in [9.17, 15) is 43.2 Å². The second-order valence-corrected chi connectivity index (χ2v) is 29.0. The van der Waals surface area contributed by atoms with Crippen molar-refractivity contribution in [1.82, 2.24) is 0 Å². The zero-order valence-electron chi connectivity index (χ0n) is 58.4. The number of hydrogen-bond acceptors (Lipinski definition) is 15. The molecule has 0 saturated carbocycles. The van der Waals surface area contributed by atoms with Gasteiger partial charge in [-0.15, -0.1) is 0 Å². The Kier molecular flexibility index (Phi) is 61.8. The molecule has 0 spiro atoms. The number of phosphoric ester groups is 2. The Labute approximate surface area is 549 Å². The lowest BCUT2D eigenvalue weighted by Gasteiger charge is -2.21. The van der Waals surface area contributed by atoms with Crippen LogP contribution in [-0.2, 0) is 65.4 Å². The van der Waals surface area contributed by atoms with Crippen molar-refractivity contribution in [2.24, 2.45) is 11.8 Å². The molecule has 0 saturated heterocycles. The quantitative estimate of drug-likeness (QED) is 0.0222. The lowest BCUT2D eigenvalue weighted by molar-refractivity contribution is -0.161. The second-order valence-electron chi connectivity index (χ2n) is 26.1. The third-order valence-corrected chi connectivity index (χ3v) is 19.1. The first-order chi connectivity index (χ1) is 43.4. The lowest BCUT2D eigenvalue weighted by Crippen LogP contribution is -2.30. The van der Waals surface area contributed by atoms with Gasteiger partial charge in [0.2, 0.25) is 0 Å². The number of esters is 4. The molecule has 19 heteroatoms. The van der Waals surface area contributed by atoms with Crippen molar-refractivity contribution < 1.29 is 80.2 Å². The molecule has 534 valence electrons. The van der Waals surface area contributed by atoms with Gasteiger partial charge in [-0.05, 0) is 37.5 Å². The maximum Gasteiger partial charge on any atom is 0.472 e. The average Bonchev–Trinajstić information content (AvgIpc) is 3.26. The van der Waals surface area contributed by atoms with Crippen LogP contribution in [-0.4, -0.2) is 96.7 Å². The Balaban J connectivity index is 5.12. The molecule has 0 bridgehead atoms. The van der Waals surface area contributed by atoms with E-state index in [0.717, 1.165) is 115 Å². The highest BCUT2D eigenvalue weighted by Crippen LogP contribution is 2.45. The second kappa shape index (κ2) is 63.1. The van der Waals surface area contributed by atoms with E-state index >= 15 is 0 Å². The molecule has 0 radical (unpaired) electrons. The summed E-state index contributed by atoms with van der Waals surface area (Å²) >= 11 is 0. The van der Waals surface area contributed by atoms with Gasteiger partial charge in [0.25, 0.3) is 0 Å². The highest BCUT2D eigenvalue weighted by atomic mass is 31.2. The normalized spacial score (nSPS) is 14.7. The highest BCUT2D eigenvalue weighted by molar-refractivity contribution is 7.47. The first kappa shape index (κ1) is 88.1. The summed E-state index contributed by atoms with van der Waals surface area (Å²) in [5, 5.41) is 10.6. The van der Waals surface area contributed by atoms with Crippen LogP contribution in [0, 0.1) is 11.8 Å². The van der Waals surface area contributed by atoms with Crippen LogP contribution in [0.1, 0.15) is 363 Å². The molecule has 90 heavy (non-hydrogen) atoms. The van der Waals surface area contributed by atoms with Crippen LogP contribution < -0.4 is 0 Å². The van der Waals surface area contributed by atoms with E-state index in [-0.39, 0.29) is 25.7 Å². The summed E-state index contributed by atoms with van der Waals surface area (Å²) in [5.41, 5.74) is 0. The summed E-state index contributed by atoms with van der Waals surface area (Å²) < 4.78 is 68.1. The molecular formula is C71H138O17P2. The molecule has 17 nitrogen and oxygen atoms in total. The number of aliphatic hydroxyl groups is 1. The number of rotatable bonds is 70. The number of carbonyl (C=O) groups excluding carboxylic acids is 4. The molecule has 0 fully saturated rings. The molecule has 4 unspecified atom stereocenters. The van der Waals surface area contributed by atoms with E-state index in [1.165, 1.54) is 167 Å². The SMILES string of the molecule is CCCCCCCCCCCCCC(=O)OC[C@H](COP(=O)(O)OC[C@@H](O)COP(=O)(O)OC[C@@H](COC(=O)CCCCCCCCC)OC(=O)CCCCCCCCC(C)CC)OC(=O)CCCCCCCCCCCCCCCCCCCCC(C)CC. The average molecular weight is 1330 g/mol. The fourth-order valence-corrected chi connectivity index (χ4v) is 12.3. The number of ether oxygens (including phenoxy) is 4. The Morgan fingerprint density at radius 2 is 0.533 bits per heavy atom. The minimum atomic E-state index is -4.95. The van der Waals surface area contributed by atoms with E-state index in [0.29, 0.717) is 25.7 Å². The minimum Gasteiger partial charge on any atom is -0.462 e. The number of phosphoric acid groups is 2. The van der Waals surface area contributed by atoms with Gasteiger partial charge in [-0.25, -0.2) is 9.13 Å². The zero-order chi connectivity index (χ0) is 66.5. The molecule has 3 N–H and O–H groups in total. The maximum atomic E-state index is 13.0. The topological polar surface area (TPSA) is 237 Å². The van der Waals surface area contributed by atoms with Crippen molar-refractivity contribution in [3.63, 3.8) is 0 Å². The standard InChI is InChI=1S/C71H138O17P2/c1-7-11-13-15-17-18-27-31-35-42-48-54-69(74)82-60-66(87-70(75)55-49-43-36-32-29-26-24-22-20-19-21-23-25-28-30-34-39-45-51-63(5)9-3)61-85-89(77,78)83-57-65(72)58-84-90(79,80)86-62-67(59-81-68(73)53-47-41-33-16-14-12-8-2)88-71(76)56-50-44-38-37-40-46-52-64(6)10-4/h63-67,72H,7-62H2,1-6H3,(H,77,78)(H,79,80)/t63?,64?,65-,66-,67-/m1/s1. The maximum absolute atomic E-state index is 13.0.